The Balaban J connectivity index is 2.72. The predicted octanol–water partition coefficient (Wildman–Crippen LogP) is 3.62. The zero-order valence-corrected chi connectivity index (χ0v) is 12.1. The van der Waals surface area contributed by atoms with Crippen LogP contribution in [0.5, 0.6) is 5.75 Å². The van der Waals surface area contributed by atoms with Crippen LogP contribution in [0.1, 0.15) is 32.8 Å². The molecule has 3 heteroatoms. The molecule has 0 aliphatic heterocycles. The third-order valence-electron chi connectivity index (χ3n) is 2.79. The molecule has 0 spiro atoms. The maximum absolute atomic E-state index is 5.68. The molecule has 0 aliphatic carbocycles. The van der Waals surface area contributed by atoms with Gasteiger partial charge in [0.1, 0.15) is 5.75 Å². The molecule has 0 saturated heterocycles. The van der Waals surface area contributed by atoms with E-state index < -0.39 is 0 Å². The van der Waals surface area contributed by atoms with E-state index in [1.54, 1.807) is 7.11 Å². The van der Waals surface area contributed by atoms with Crippen molar-refractivity contribution in [2.75, 3.05) is 19.0 Å². The van der Waals surface area contributed by atoms with Gasteiger partial charge in [0.2, 0.25) is 0 Å². The molecule has 0 fully saturated rings. The van der Waals surface area contributed by atoms with Crippen molar-refractivity contribution in [3.63, 3.8) is 0 Å². The van der Waals surface area contributed by atoms with Crippen molar-refractivity contribution in [3.8, 4) is 5.75 Å². The lowest BCUT2D eigenvalue weighted by molar-refractivity contribution is 0.184. The van der Waals surface area contributed by atoms with Crippen molar-refractivity contribution in [2.24, 2.45) is 0 Å². The summed E-state index contributed by atoms with van der Waals surface area (Å²) in [5, 5.41) is 3.50. The van der Waals surface area contributed by atoms with Crippen LogP contribution >= 0.6 is 0 Å². The first-order valence-electron chi connectivity index (χ1n) is 6.59. The highest BCUT2D eigenvalue weighted by Crippen LogP contribution is 2.23. The number of hydrogen-bond acceptors (Lipinski definition) is 3. The number of ether oxygens (including phenoxy) is 2. The SMILES string of the molecule is CCC(COC)Nc1ccc(OC(C)C)cc1C. The van der Waals surface area contributed by atoms with Crippen LogP contribution in [-0.4, -0.2) is 25.9 Å². The maximum Gasteiger partial charge on any atom is 0.120 e. The number of nitrogens with one attached hydrogen (secondary N) is 1. The highest BCUT2D eigenvalue weighted by molar-refractivity contribution is 5.54. The van der Waals surface area contributed by atoms with Gasteiger partial charge in [-0.25, -0.2) is 0 Å². The van der Waals surface area contributed by atoms with Gasteiger partial charge in [0.25, 0.3) is 0 Å². The van der Waals surface area contributed by atoms with Crippen LogP contribution in [0.2, 0.25) is 0 Å². The van der Waals surface area contributed by atoms with Crippen molar-refractivity contribution in [2.45, 2.75) is 46.3 Å². The van der Waals surface area contributed by atoms with Crippen LogP contribution in [0, 0.1) is 6.92 Å². The first-order chi connectivity index (χ1) is 8.56. The average molecular weight is 251 g/mol. The van der Waals surface area contributed by atoms with Gasteiger partial charge in [-0.15, -0.1) is 0 Å². The molecule has 1 rings (SSSR count). The zero-order chi connectivity index (χ0) is 13.5. The topological polar surface area (TPSA) is 30.5 Å². The van der Waals surface area contributed by atoms with Crippen molar-refractivity contribution in [1.29, 1.82) is 0 Å². The van der Waals surface area contributed by atoms with E-state index in [1.165, 1.54) is 5.56 Å². The Morgan fingerprint density at radius 3 is 2.50 bits per heavy atom. The number of aryl methyl sites for hydroxylation is 1. The minimum Gasteiger partial charge on any atom is -0.491 e. The minimum absolute atomic E-state index is 0.208. The summed E-state index contributed by atoms with van der Waals surface area (Å²) in [4.78, 5) is 0. The lowest BCUT2D eigenvalue weighted by Gasteiger charge is -2.19. The molecule has 18 heavy (non-hydrogen) atoms. The Kier molecular flexibility index (Phi) is 5.99. The van der Waals surface area contributed by atoms with E-state index in [4.69, 9.17) is 9.47 Å². The monoisotopic (exact) mass is 251 g/mol. The number of benzene rings is 1. The third kappa shape index (κ3) is 4.57. The Morgan fingerprint density at radius 1 is 1.28 bits per heavy atom. The molecule has 1 unspecified atom stereocenters. The summed E-state index contributed by atoms with van der Waals surface area (Å²) in [6.07, 6.45) is 1.25. The van der Waals surface area contributed by atoms with Crippen LogP contribution in [0.4, 0.5) is 5.69 Å². The van der Waals surface area contributed by atoms with Crippen molar-refractivity contribution < 1.29 is 9.47 Å². The van der Waals surface area contributed by atoms with E-state index in [9.17, 15) is 0 Å². The summed E-state index contributed by atoms with van der Waals surface area (Å²) in [6.45, 7) is 9.04. The number of hydrogen-bond donors (Lipinski definition) is 1. The maximum atomic E-state index is 5.68. The molecular formula is C15H25NO2. The molecule has 0 radical (unpaired) electrons. The van der Waals surface area contributed by atoms with Gasteiger partial charge in [-0.1, -0.05) is 6.92 Å². The van der Waals surface area contributed by atoms with Crippen molar-refractivity contribution in [1.82, 2.24) is 0 Å². The average Bonchev–Trinajstić information content (AvgIpc) is 2.30. The van der Waals surface area contributed by atoms with E-state index in [0.29, 0.717) is 6.04 Å². The first kappa shape index (κ1) is 14.8. The van der Waals surface area contributed by atoms with Gasteiger partial charge < -0.3 is 14.8 Å². The van der Waals surface area contributed by atoms with Crippen LogP contribution < -0.4 is 10.1 Å². The van der Waals surface area contributed by atoms with Crippen LogP contribution in [0.25, 0.3) is 0 Å². The van der Waals surface area contributed by atoms with E-state index in [-0.39, 0.29) is 6.10 Å². The largest absolute Gasteiger partial charge is 0.491 e. The first-order valence-corrected chi connectivity index (χ1v) is 6.59. The number of methoxy groups -OCH3 is 1. The van der Waals surface area contributed by atoms with Gasteiger partial charge in [-0.3, -0.25) is 0 Å². The van der Waals surface area contributed by atoms with Crippen LogP contribution in [0.3, 0.4) is 0 Å². The van der Waals surface area contributed by atoms with E-state index in [1.807, 2.05) is 19.9 Å². The molecule has 1 aromatic carbocycles. The highest BCUT2D eigenvalue weighted by atomic mass is 16.5. The Bertz CT molecular complexity index is 364. The predicted molar refractivity (Wildman–Crippen MR) is 76.5 cm³/mol. The summed E-state index contributed by atoms with van der Waals surface area (Å²) in [5.41, 5.74) is 2.35. The number of rotatable bonds is 7. The van der Waals surface area contributed by atoms with Gasteiger partial charge in [-0.2, -0.15) is 0 Å². The zero-order valence-electron chi connectivity index (χ0n) is 12.1. The van der Waals surface area contributed by atoms with E-state index in [2.05, 4.69) is 31.3 Å². The van der Waals surface area contributed by atoms with E-state index >= 15 is 0 Å². The number of anilines is 1. The lowest BCUT2D eigenvalue weighted by Crippen LogP contribution is -2.24. The lowest BCUT2D eigenvalue weighted by atomic mass is 10.1. The highest BCUT2D eigenvalue weighted by Gasteiger charge is 2.08. The quantitative estimate of drug-likeness (QED) is 0.803. The molecule has 0 aliphatic rings. The standard InChI is InChI=1S/C15H25NO2/c1-6-13(10-17-5)16-15-8-7-14(9-12(15)4)18-11(2)3/h7-9,11,13,16H,6,10H2,1-5H3. The summed E-state index contributed by atoms with van der Waals surface area (Å²) < 4.78 is 10.9. The summed E-state index contributed by atoms with van der Waals surface area (Å²) in [5.74, 6) is 0.924. The van der Waals surface area contributed by atoms with Gasteiger partial charge in [0.15, 0.2) is 0 Å². The molecule has 1 atom stereocenters. The van der Waals surface area contributed by atoms with E-state index in [0.717, 1.165) is 24.5 Å². The second kappa shape index (κ2) is 7.27. The molecule has 1 aromatic rings. The Morgan fingerprint density at radius 2 is 2.00 bits per heavy atom. The molecule has 0 heterocycles. The van der Waals surface area contributed by atoms with Gasteiger partial charge in [0.05, 0.1) is 12.7 Å². The second-order valence-electron chi connectivity index (χ2n) is 4.85. The molecule has 3 nitrogen and oxygen atoms in total. The Hall–Kier alpha value is -1.22. The van der Waals surface area contributed by atoms with Crippen molar-refractivity contribution >= 4 is 5.69 Å². The second-order valence-corrected chi connectivity index (χ2v) is 4.85. The molecule has 0 saturated carbocycles. The minimum atomic E-state index is 0.208. The fourth-order valence-corrected chi connectivity index (χ4v) is 1.83. The molecule has 102 valence electrons. The van der Waals surface area contributed by atoms with Gasteiger partial charge >= 0.3 is 0 Å². The fraction of sp³-hybridized carbons (Fsp3) is 0.600. The Labute approximate surface area is 110 Å². The molecule has 0 aromatic heterocycles. The third-order valence-corrected chi connectivity index (χ3v) is 2.79. The van der Waals surface area contributed by atoms with Crippen molar-refractivity contribution in [3.05, 3.63) is 23.8 Å². The molecule has 1 N–H and O–H groups in total. The molecular weight excluding hydrogens is 226 g/mol. The van der Waals surface area contributed by atoms with Crippen LogP contribution in [0.15, 0.2) is 18.2 Å². The van der Waals surface area contributed by atoms with Crippen LogP contribution in [-0.2, 0) is 4.74 Å². The summed E-state index contributed by atoms with van der Waals surface area (Å²) >= 11 is 0. The fourth-order valence-electron chi connectivity index (χ4n) is 1.83. The smallest absolute Gasteiger partial charge is 0.120 e. The molecule has 0 bridgehead atoms. The van der Waals surface area contributed by atoms with Gasteiger partial charge in [-0.05, 0) is 51.0 Å². The summed E-state index contributed by atoms with van der Waals surface area (Å²) in [7, 11) is 1.73. The normalized spacial score (nSPS) is 12.6. The molecule has 0 amide bonds. The van der Waals surface area contributed by atoms with Gasteiger partial charge in [0, 0.05) is 18.8 Å². The summed E-state index contributed by atoms with van der Waals surface area (Å²) in [6, 6.07) is 6.51.